The second-order valence-corrected chi connectivity index (χ2v) is 6.97. The predicted octanol–water partition coefficient (Wildman–Crippen LogP) is 2.24. The van der Waals surface area contributed by atoms with Crippen LogP contribution in [0.25, 0.3) is 0 Å². The topological polar surface area (TPSA) is 78.8 Å². The molecular formula is C15H21N3O3S. The highest BCUT2D eigenvalue weighted by Gasteiger charge is 2.17. The summed E-state index contributed by atoms with van der Waals surface area (Å²) in [5, 5.41) is 2.60. The quantitative estimate of drug-likeness (QED) is 0.683. The zero-order valence-electron chi connectivity index (χ0n) is 12.9. The Hall–Kier alpha value is -1.89. The summed E-state index contributed by atoms with van der Waals surface area (Å²) in [5.74, 6) is 0.334. The van der Waals surface area contributed by atoms with E-state index in [0.717, 1.165) is 25.9 Å². The van der Waals surface area contributed by atoms with Gasteiger partial charge in [0.15, 0.2) is 0 Å². The second-order valence-electron chi connectivity index (χ2n) is 5.37. The molecule has 1 aliphatic heterocycles. The minimum atomic E-state index is -3.72. The molecule has 1 aliphatic rings. The molecule has 1 fully saturated rings. The highest BCUT2D eigenvalue weighted by atomic mass is 32.2. The maximum atomic E-state index is 12.3. The Morgan fingerprint density at radius 2 is 1.68 bits per heavy atom. The van der Waals surface area contributed by atoms with Gasteiger partial charge in [-0.1, -0.05) is 0 Å². The molecule has 0 saturated carbocycles. The van der Waals surface area contributed by atoms with Crippen LogP contribution < -0.4 is 5.32 Å². The Morgan fingerprint density at radius 3 is 2.23 bits per heavy atom. The van der Waals surface area contributed by atoms with Gasteiger partial charge in [-0.15, -0.1) is 4.40 Å². The van der Waals surface area contributed by atoms with E-state index in [1.54, 1.807) is 19.1 Å². The first-order valence-corrected chi connectivity index (χ1v) is 8.77. The number of likely N-dealkylation sites (tertiary alicyclic amines) is 1. The van der Waals surface area contributed by atoms with Crippen LogP contribution >= 0.6 is 0 Å². The Kier molecular flexibility index (Phi) is 5.18. The van der Waals surface area contributed by atoms with Crippen LogP contribution in [0.1, 0.15) is 33.1 Å². The molecule has 1 N–H and O–H groups in total. The summed E-state index contributed by atoms with van der Waals surface area (Å²) in [6, 6.07) is 6.02. The van der Waals surface area contributed by atoms with Crippen molar-refractivity contribution in [2.75, 3.05) is 18.4 Å². The zero-order valence-corrected chi connectivity index (χ0v) is 13.7. The van der Waals surface area contributed by atoms with Crippen molar-refractivity contribution in [1.82, 2.24) is 4.90 Å². The smallest absolute Gasteiger partial charge is 0.283 e. The van der Waals surface area contributed by atoms with E-state index in [-0.39, 0.29) is 10.8 Å². The molecular weight excluding hydrogens is 302 g/mol. The van der Waals surface area contributed by atoms with Crippen molar-refractivity contribution in [2.24, 2.45) is 4.40 Å². The summed E-state index contributed by atoms with van der Waals surface area (Å²) in [6.07, 6.45) is 3.32. The standard InChI is InChI=1S/C15H21N3O3S/c1-12(18-10-4-3-5-11-18)17-22(20,21)15-8-6-14(7-9-15)16-13(2)19/h6-9H,3-5,10-11H2,1-2H3,(H,16,19)/b17-12+. The molecule has 0 atom stereocenters. The highest BCUT2D eigenvalue weighted by Crippen LogP contribution is 2.17. The van der Waals surface area contributed by atoms with E-state index in [1.165, 1.54) is 25.5 Å². The van der Waals surface area contributed by atoms with Crippen molar-refractivity contribution < 1.29 is 13.2 Å². The molecule has 0 bridgehead atoms. The van der Waals surface area contributed by atoms with Crippen molar-refractivity contribution >= 4 is 27.5 Å². The van der Waals surface area contributed by atoms with Gasteiger partial charge in [0.1, 0.15) is 5.84 Å². The molecule has 22 heavy (non-hydrogen) atoms. The normalized spacial score (nSPS) is 16.5. The molecule has 1 aromatic rings. The van der Waals surface area contributed by atoms with Crippen LogP contribution in [-0.2, 0) is 14.8 Å². The Morgan fingerprint density at radius 1 is 1.09 bits per heavy atom. The van der Waals surface area contributed by atoms with Gasteiger partial charge in [0.25, 0.3) is 10.0 Å². The number of piperidine rings is 1. The lowest BCUT2D eigenvalue weighted by Crippen LogP contribution is -2.34. The molecule has 1 aromatic carbocycles. The van der Waals surface area contributed by atoms with Crippen molar-refractivity contribution in [2.45, 2.75) is 38.0 Å². The van der Waals surface area contributed by atoms with Crippen molar-refractivity contribution in [3.8, 4) is 0 Å². The number of carbonyl (C=O) groups excluding carboxylic acids is 1. The van der Waals surface area contributed by atoms with Gasteiger partial charge in [-0.25, -0.2) is 0 Å². The summed E-state index contributed by atoms with van der Waals surface area (Å²) in [5.41, 5.74) is 0.559. The molecule has 0 radical (unpaired) electrons. The van der Waals surface area contributed by atoms with Crippen LogP contribution in [-0.4, -0.2) is 38.2 Å². The lowest BCUT2D eigenvalue weighted by Gasteiger charge is -2.27. The number of nitrogens with zero attached hydrogens (tertiary/aromatic N) is 2. The molecule has 0 aromatic heterocycles. The molecule has 2 rings (SSSR count). The molecule has 0 unspecified atom stereocenters. The van der Waals surface area contributed by atoms with E-state index in [4.69, 9.17) is 0 Å². The van der Waals surface area contributed by atoms with Gasteiger partial charge in [0.2, 0.25) is 5.91 Å². The summed E-state index contributed by atoms with van der Waals surface area (Å²) in [6.45, 7) is 4.84. The van der Waals surface area contributed by atoms with Crippen molar-refractivity contribution in [3.05, 3.63) is 24.3 Å². The summed E-state index contributed by atoms with van der Waals surface area (Å²) >= 11 is 0. The third-order valence-electron chi connectivity index (χ3n) is 3.54. The van der Waals surface area contributed by atoms with E-state index in [9.17, 15) is 13.2 Å². The van der Waals surface area contributed by atoms with Crippen molar-refractivity contribution in [1.29, 1.82) is 0 Å². The van der Waals surface area contributed by atoms with Crippen molar-refractivity contribution in [3.63, 3.8) is 0 Å². The number of hydrogen-bond donors (Lipinski definition) is 1. The van der Waals surface area contributed by atoms with Crippen LogP contribution in [0.5, 0.6) is 0 Å². The lowest BCUT2D eigenvalue weighted by molar-refractivity contribution is -0.114. The fourth-order valence-electron chi connectivity index (χ4n) is 2.42. The van der Waals surface area contributed by atoms with Gasteiger partial charge in [0.05, 0.1) is 4.90 Å². The van der Waals surface area contributed by atoms with E-state index >= 15 is 0 Å². The third kappa shape index (κ3) is 4.30. The van der Waals surface area contributed by atoms with E-state index in [1.807, 2.05) is 4.90 Å². The average Bonchev–Trinajstić information content (AvgIpc) is 2.47. The number of amidine groups is 1. The van der Waals surface area contributed by atoms with Crippen LogP contribution in [0, 0.1) is 0 Å². The minimum absolute atomic E-state index is 0.123. The zero-order chi connectivity index (χ0) is 16.2. The fraction of sp³-hybridized carbons (Fsp3) is 0.467. The Balaban J connectivity index is 2.16. The van der Waals surface area contributed by atoms with E-state index in [0.29, 0.717) is 11.5 Å². The van der Waals surface area contributed by atoms with Gasteiger partial charge in [-0.2, -0.15) is 8.42 Å². The minimum Gasteiger partial charge on any atom is -0.360 e. The number of anilines is 1. The summed E-state index contributed by atoms with van der Waals surface area (Å²) in [4.78, 5) is 13.1. The summed E-state index contributed by atoms with van der Waals surface area (Å²) in [7, 11) is -3.72. The molecule has 120 valence electrons. The molecule has 1 heterocycles. The lowest BCUT2D eigenvalue weighted by atomic mass is 10.1. The third-order valence-corrected chi connectivity index (χ3v) is 4.91. The maximum absolute atomic E-state index is 12.3. The Labute approximate surface area is 131 Å². The summed E-state index contributed by atoms with van der Waals surface area (Å²) < 4.78 is 28.6. The largest absolute Gasteiger partial charge is 0.360 e. The molecule has 7 heteroatoms. The van der Waals surface area contributed by atoms with Gasteiger partial charge >= 0.3 is 0 Å². The number of carbonyl (C=O) groups is 1. The molecule has 1 amide bonds. The molecule has 1 saturated heterocycles. The monoisotopic (exact) mass is 323 g/mol. The molecule has 0 aliphatic carbocycles. The van der Waals surface area contributed by atoms with Crippen LogP contribution in [0.2, 0.25) is 0 Å². The van der Waals surface area contributed by atoms with E-state index in [2.05, 4.69) is 9.71 Å². The predicted molar refractivity (Wildman–Crippen MR) is 86.5 cm³/mol. The van der Waals surface area contributed by atoms with Gasteiger partial charge in [-0.05, 0) is 50.5 Å². The van der Waals surface area contributed by atoms with Crippen LogP contribution in [0.3, 0.4) is 0 Å². The first-order valence-electron chi connectivity index (χ1n) is 7.33. The first-order chi connectivity index (χ1) is 10.4. The fourth-order valence-corrected chi connectivity index (χ4v) is 3.46. The number of hydrogen-bond acceptors (Lipinski definition) is 3. The first kappa shape index (κ1) is 16.5. The van der Waals surface area contributed by atoms with Gasteiger partial charge in [0, 0.05) is 25.7 Å². The van der Waals surface area contributed by atoms with Gasteiger partial charge in [-0.3, -0.25) is 4.79 Å². The van der Waals surface area contributed by atoms with E-state index < -0.39 is 10.0 Å². The number of nitrogens with one attached hydrogen (secondary N) is 1. The highest BCUT2D eigenvalue weighted by molar-refractivity contribution is 7.90. The van der Waals surface area contributed by atoms with Crippen LogP contribution in [0.4, 0.5) is 5.69 Å². The molecule has 0 spiro atoms. The Bertz CT molecular complexity index is 660. The SMILES string of the molecule is CC(=O)Nc1ccc(S(=O)(=O)/N=C(\C)N2CCCCC2)cc1. The average molecular weight is 323 g/mol. The number of amides is 1. The number of sulfonamides is 1. The maximum Gasteiger partial charge on any atom is 0.283 e. The number of benzene rings is 1. The van der Waals surface area contributed by atoms with Gasteiger partial charge < -0.3 is 10.2 Å². The second kappa shape index (κ2) is 6.91. The molecule has 6 nitrogen and oxygen atoms in total. The van der Waals surface area contributed by atoms with Crippen LogP contribution in [0.15, 0.2) is 33.6 Å². The number of rotatable bonds is 3.